The lowest BCUT2D eigenvalue weighted by molar-refractivity contribution is -0.134. The first kappa shape index (κ1) is 12.9. The van der Waals surface area contributed by atoms with Gasteiger partial charge in [-0.2, -0.15) is 18.2 Å². The van der Waals surface area contributed by atoms with E-state index in [0.29, 0.717) is 0 Å². The highest BCUT2D eigenvalue weighted by molar-refractivity contribution is 6.66. The summed E-state index contributed by atoms with van der Waals surface area (Å²) in [5.74, 6) is -0.488. The molecular weight excluding hydrogens is 279 g/mol. The van der Waals surface area contributed by atoms with Crippen LogP contribution in [0.4, 0.5) is 13.2 Å². The van der Waals surface area contributed by atoms with Gasteiger partial charge in [-0.15, -0.1) is 0 Å². The van der Waals surface area contributed by atoms with Gasteiger partial charge in [-0.05, 0) is 0 Å². The van der Waals surface area contributed by atoms with Gasteiger partial charge in [-0.25, -0.2) is 0 Å². The molecule has 0 N–H and O–H groups in total. The second-order valence-corrected chi connectivity index (χ2v) is 4.91. The first-order valence-electron chi connectivity index (χ1n) is 3.65. The third-order valence-electron chi connectivity index (χ3n) is 1.34. The number of alkyl halides is 6. The van der Waals surface area contributed by atoms with Crippen LogP contribution in [0.5, 0.6) is 0 Å². The molecule has 0 amide bonds. The van der Waals surface area contributed by atoms with E-state index in [4.69, 9.17) is 34.8 Å². The largest absolute Gasteiger partial charge is 0.389 e. The zero-order valence-corrected chi connectivity index (χ0v) is 9.25. The Hall–Kier alpha value is -0.200. The predicted molar refractivity (Wildman–Crippen MR) is 47.9 cm³/mol. The average molecular weight is 283 g/mol. The van der Waals surface area contributed by atoms with Gasteiger partial charge in [0.05, 0.1) is 6.42 Å². The van der Waals surface area contributed by atoms with Crippen LogP contribution in [0.3, 0.4) is 0 Å². The molecule has 15 heavy (non-hydrogen) atoms. The molecule has 0 radical (unpaired) electrons. The molecular formula is C6H4Cl3F3N2O. The maximum absolute atomic E-state index is 11.8. The van der Waals surface area contributed by atoms with Gasteiger partial charge in [0.2, 0.25) is 0 Å². The third-order valence-corrected chi connectivity index (χ3v) is 1.83. The number of aryl methyl sites for hydroxylation is 1. The third kappa shape index (κ3) is 4.44. The van der Waals surface area contributed by atoms with Gasteiger partial charge in [0.1, 0.15) is 0 Å². The summed E-state index contributed by atoms with van der Waals surface area (Å²) in [6.45, 7) is 0. The Kier molecular flexibility index (Phi) is 3.73. The van der Waals surface area contributed by atoms with Crippen LogP contribution in [0.1, 0.15) is 18.1 Å². The van der Waals surface area contributed by atoms with Crippen LogP contribution in [-0.4, -0.2) is 16.3 Å². The molecule has 1 heterocycles. The fourth-order valence-electron chi connectivity index (χ4n) is 0.724. The van der Waals surface area contributed by atoms with E-state index in [0.717, 1.165) is 0 Å². The zero-order valence-electron chi connectivity index (χ0n) is 6.98. The van der Waals surface area contributed by atoms with Crippen LogP contribution < -0.4 is 0 Å². The van der Waals surface area contributed by atoms with E-state index in [1.807, 2.05) is 0 Å². The molecule has 3 nitrogen and oxygen atoms in total. The van der Waals surface area contributed by atoms with Crippen molar-refractivity contribution in [3.63, 3.8) is 0 Å². The maximum Gasteiger partial charge on any atom is 0.389 e. The van der Waals surface area contributed by atoms with Crippen molar-refractivity contribution < 1.29 is 17.7 Å². The molecule has 0 saturated heterocycles. The van der Waals surface area contributed by atoms with Crippen LogP contribution in [-0.2, 0) is 10.2 Å². The van der Waals surface area contributed by atoms with Crippen molar-refractivity contribution in [2.45, 2.75) is 22.8 Å². The summed E-state index contributed by atoms with van der Waals surface area (Å²) < 4.78 is 38.0. The molecule has 0 atom stereocenters. The number of nitrogens with zero attached hydrogens (tertiary/aromatic N) is 2. The number of rotatable bonds is 2. The quantitative estimate of drug-likeness (QED) is 0.781. The number of aromatic nitrogens is 2. The smallest absolute Gasteiger partial charge is 0.335 e. The summed E-state index contributed by atoms with van der Waals surface area (Å²) in [6.07, 6.45) is -5.74. The lowest BCUT2D eigenvalue weighted by atomic mass is 10.3. The SMILES string of the molecule is FC(F)(F)CCc1noc(C(Cl)(Cl)Cl)n1. The van der Waals surface area contributed by atoms with E-state index in [1.165, 1.54) is 0 Å². The first-order chi connectivity index (χ1) is 6.68. The molecule has 0 aliphatic carbocycles. The van der Waals surface area contributed by atoms with Crippen molar-refractivity contribution >= 4 is 34.8 Å². The van der Waals surface area contributed by atoms with Crippen molar-refractivity contribution in [2.75, 3.05) is 0 Å². The van der Waals surface area contributed by atoms with Gasteiger partial charge in [-0.1, -0.05) is 40.0 Å². The topological polar surface area (TPSA) is 38.9 Å². The van der Waals surface area contributed by atoms with Gasteiger partial charge in [0.15, 0.2) is 5.82 Å². The van der Waals surface area contributed by atoms with E-state index < -0.39 is 22.8 Å². The normalized spacial score (nSPS) is 13.2. The molecule has 0 fully saturated rings. The number of halogens is 6. The Labute approximate surface area is 97.5 Å². The number of hydrogen-bond donors (Lipinski definition) is 0. The molecule has 0 aliphatic rings. The monoisotopic (exact) mass is 282 g/mol. The molecule has 0 aromatic carbocycles. The van der Waals surface area contributed by atoms with Crippen LogP contribution in [0.15, 0.2) is 4.52 Å². The first-order valence-corrected chi connectivity index (χ1v) is 4.78. The summed E-state index contributed by atoms with van der Waals surface area (Å²) >= 11 is 16.1. The predicted octanol–water partition coefficient (Wildman–Crippen LogP) is 3.39. The minimum absolute atomic E-state index is 0.145. The summed E-state index contributed by atoms with van der Waals surface area (Å²) in [6, 6.07) is 0. The highest BCUT2D eigenvalue weighted by Crippen LogP contribution is 2.36. The molecule has 1 aromatic rings. The standard InChI is InChI=1S/C6H4Cl3F3N2O/c7-6(8,9)4-13-3(14-15-4)1-2-5(10,11)12/h1-2H2. The van der Waals surface area contributed by atoms with E-state index in [1.54, 1.807) is 0 Å². The molecule has 1 rings (SSSR count). The van der Waals surface area contributed by atoms with Crippen molar-refractivity contribution in [3.8, 4) is 0 Å². The van der Waals surface area contributed by atoms with Crippen LogP contribution in [0.2, 0.25) is 0 Å². The Morgan fingerprint density at radius 3 is 2.20 bits per heavy atom. The number of hydrogen-bond acceptors (Lipinski definition) is 3. The molecule has 86 valence electrons. The Morgan fingerprint density at radius 2 is 1.80 bits per heavy atom. The average Bonchev–Trinajstić information content (AvgIpc) is 2.45. The minimum atomic E-state index is -4.28. The van der Waals surface area contributed by atoms with E-state index in [9.17, 15) is 13.2 Å². The molecule has 0 spiro atoms. The van der Waals surface area contributed by atoms with Crippen molar-refractivity contribution in [3.05, 3.63) is 11.7 Å². The summed E-state index contributed by atoms with van der Waals surface area (Å²) in [5, 5.41) is 3.25. The summed E-state index contributed by atoms with van der Waals surface area (Å²) in [7, 11) is 0. The highest BCUT2D eigenvalue weighted by Gasteiger charge is 2.32. The van der Waals surface area contributed by atoms with Crippen molar-refractivity contribution in [1.82, 2.24) is 10.1 Å². The molecule has 1 aromatic heterocycles. The van der Waals surface area contributed by atoms with Crippen molar-refractivity contribution in [2.24, 2.45) is 0 Å². The zero-order chi connectivity index (χ0) is 11.7. The molecule has 0 aliphatic heterocycles. The van der Waals surface area contributed by atoms with E-state index >= 15 is 0 Å². The van der Waals surface area contributed by atoms with Crippen LogP contribution >= 0.6 is 34.8 Å². The van der Waals surface area contributed by atoms with Gasteiger partial charge in [-0.3, -0.25) is 0 Å². The van der Waals surface area contributed by atoms with E-state index in [-0.39, 0.29) is 11.7 Å². The van der Waals surface area contributed by atoms with Crippen LogP contribution in [0.25, 0.3) is 0 Å². The highest BCUT2D eigenvalue weighted by atomic mass is 35.6. The molecule has 0 unspecified atom stereocenters. The molecule has 9 heteroatoms. The Morgan fingerprint density at radius 1 is 1.20 bits per heavy atom. The van der Waals surface area contributed by atoms with E-state index in [2.05, 4.69) is 14.7 Å². The van der Waals surface area contributed by atoms with Gasteiger partial charge < -0.3 is 4.52 Å². The molecule has 0 bridgehead atoms. The van der Waals surface area contributed by atoms with Gasteiger partial charge in [0.25, 0.3) is 9.68 Å². The second-order valence-electron chi connectivity index (χ2n) is 2.63. The second kappa shape index (κ2) is 4.35. The lowest BCUT2D eigenvalue weighted by Crippen LogP contribution is -2.09. The summed E-state index contributed by atoms with van der Waals surface area (Å²) in [4.78, 5) is 3.51. The molecule has 0 saturated carbocycles. The Bertz CT molecular complexity index is 333. The fourth-order valence-corrected chi connectivity index (χ4v) is 0.954. The van der Waals surface area contributed by atoms with Gasteiger partial charge >= 0.3 is 6.18 Å². The minimum Gasteiger partial charge on any atom is -0.335 e. The fraction of sp³-hybridized carbons (Fsp3) is 0.667. The van der Waals surface area contributed by atoms with Crippen molar-refractivity contribution in [1.29, 1.82) is 0 Å². The lowest BCUT2D eigenvalue weighted by Gasteiger charge is -2.02. The summed E-state index contributed by atoms with van der Waals surface area (Å²) in [5.41, 5.74) is 0. The maximum atomic E-state index is 11.8. The van der Waals surface area contributed by atoms with Crippen LogP contribution in [0, 0.1) is 0 Å². The Balaban J connectivity index is 2.62. The van der Waals surface area contributed by atoms with Gasteiger partial charge in [0, 0.05) is 6.42 Å².